The van der Waals surface area contributed by atoms with Crippen LogP contribution in [0.2, 0.25) is 0 Å². The molecule has 0 radical (unpaired) electrons. The number of anilines is 4. The molecule has 3 rings (SSSR count). The number of carbonyl (C=O) groups is 1. The van der Waals surface area contributed by atoms with Crippen LogP contribution >= 0.6 is 0 Å². The molecule has 1 amide bonds. The summed E-state index contributed by atoms with van der Waals surface area (Å²) < 4.78 is 10.5. The van der Waals surface area contributed by atoms with Gasteiger partial charge in [0, 0.05) is 18.5 Å². The Labute approximate surface area is 161 Å². The van der Waals surface area contributed by atoms with Crippen LogP contribution in [0.3, 0.4) is 0 Å². The maximum atomic E-state index is 12.1. The summed E-state index contributed by atoms with van der Waals surface area (Å²) in [7, 11) is 3.12. The predicted molar refractivity (Wildman–Crippen MR) is 105 cm³/mol. The van der Waals surface area contributed by atoms with Gasteiger partial charge in [-0.15, -0.1) is 0 Å². The van der Waals surface area contributed by atoms with Crippen LogP contribution in [0, 0.1) is 0 Å². The Morgan fingerprint density at radius 3 is 2.64 bits per heavy atom. The molecule has 28 heavy (non-hydrogen) atoms. The molecule has 0 unspecified atom stereocenters. The number of amides is 1. The summed E-state index contributed by atoms with van der Waals surface area (Å²) in [5.41, 5.74) is 12.6. The number of hydrogen-bond acceptors (Lipinski definition) is 9. The molecule has 2 heterocycles. The number of rotatable bonds is 7. The van der Waals surface area contributed by atoms with Crippen LogP contribution in [0.15, 0.2) is 49.1 Å². The molecule has 0 bridgehead atoms. The monoisotopic (exact) mass is 381 g/mol. The molecule has 0 saturated carbocycles. The van der Waals surface area contributed by atoms with E-state index in [-0.39, 0.29) is 17.4 Å². The summed E-state index contributed by atoms with van der Waals surface area (Å²) >= 11 is 0. The molecule has 10 heteroatoms. The van der Waals surface area contributed by atoms with E-state index in [1.165, 1.54) is 12.5 Å². The number of benzene rings is 1. The number of nitrogen functional groups attached to an aromatic ring is 1. The van der Waals surface area contributed by atoms with Crippen molar-refractivity contribution in [2.24, 2.45) is 0 Å². The molecule has 0 aliphatic carbocycles. The van der Waals surface area contributed by atoms with Crippen molar-refractivity contribution >= 4 is 28.9 Å². The zero-order chi connectivity index (χ0) is 19.9. The number of nitrogens with zero attached hydrogens (tertiary/aromatic N) is 3. The quantitative estimate of drug-likeness (QED) is 0.453. The van der Waals surface area contributed by atoms with Crippen LogP contribution in [-0.4, -0.2) is 35.1 Å². The van der Waals surface area contributed by atoms with Gasteiger partial charge in [0.05, 0.1) is 25.5 Å². The maximum Gasteiger partial charge on any atom is 0.271 e. The number of hydrogen-bond donors (Lipinski definition) is 4. The van der Waals surface area contributed by atoms with Gasteiger partial charge < -0.3 is 20.5 Å². The molecular weight excluding hydrogens is 362 g/mol. The highest BCUT2D eigenvalue weighted by atomic mass is 16.5. The molecule has 0 aliphatic rings. The molecule has 0 saturated heterocycles. The predicted octanol–water partition coefficient (Wildman–Crippen LogP) is 1.97. The zero-order valence-corrected chi connectivity index (χ0v) is 15.3. The van der Waals surface area contributed by atoms with Crippen LogP contribution in [-0.2, 0) is 0 Å². The van der Waals surface area contributed by atoms with E-state index in [1.807, 2.05) is 0 Å². The number of carbonyl (C=O) groups excluding carboxylic acids is 1. The van der Waals surface area contributed by atoms with E-state index in [0.717, 1.165) is 0 Å². The van der Waals surface area contributed by atoms with Crippen LogP contribution in [0.1, 0.15) is 10.4 Å². The van der Waals surface area contributed by atoms with Crippen molar-refractivity contribution in [3.8, 4) is 11.5 Å². The van der Waals surface area contributed by atoms with E-state index in [9.17, 15) is 4.79 Å². The van der Waals surface area contributed by atoms with E-state index >= 15 is 0 Å². The second-order valence-electron chi connectivity index (χ2n) is 5.50. The first-order chi connectivity index (χ1) is 13.6. The summed E-state index contributed by atoms with van der Waals surface area (Å²) in [6.45, 7) is 0. The van der Waals surface area contributed by atoms with Gasteiger partial charge in [-0.25, -0.2) is 9.97 Å². The second-order valence-corrected chi connectivity index (χ2v) is 5.50. The Bertz CT molecular complexity index is 967. The number of nitrogens with two attached hydrogens (primary N) is 1. The third kappa shape index (κ3) is 4.18. The number of pyridine rings is 1. The fraction of sp³-hybridized carbons (Fsp3) is 0.111. The second kappa shape index (κ2) is 8.54. The smallest absolute Gasteiger partial charge is 0.271 e. The molecule has 3 aromatic rings. The molecule has 0 atom stereocenters. The minimum atomic E-state index is -0.377. The number of methoxy groups -OCH3 is 2. The van der Waals surface area contributed by atoms with Crippen molar-refractivity contribution in [3.05, 3.63) is 54.6 Å². The fourth-order valence-corrected chi connectivity index (χ4v) is 2.31. The van der Waals surface area contributed by atoms with Gasteiger partial charge in [-0.3, -0.25) is 20.6 Å². The first-order valence-electron chi connectivity index (χ1n) is 8.18. The number of ether oxygens (including phenoxy) is 2. The van der Waals surface area contributed by atoms with Gasteiger partial charge in [0.2, 0.25) is 0 Å². The minimum absolute atomic E-state index is 0.215. The zero-order valence-electron chi connectivity index (χ0n) is 15.3. The van der Waals surface area contributed by atoms with E-state index in [1.54, 1.807) is 50.7 Å². The number of nitrogens with one attached hydrogen (secondary N) is 3. The summed E-state index contributed by atoms with van der Waals surface area (Å²) in [5.74, 6) is 1.41. The van der Waals surface area contributed by atoms with Gasteiger partial charge in [-0.05, 0) is 24.3 Å². The molecule has 10 nitrogen and oxygen atoms in total. The normalized spacial score (nSPS) is 10.1. The van der Waals surface area contributed by atoms with Crippen molar-refractivity contribution in [2.75, 3.05) is 30.7 Å². The largest absolute Gasteiger partial charge is 0.497 e. The van der Waals surface area contributed by atoms with E-state index in [4.69, 9.17) is 15.2 Å². The Morgan fingerprint density at radius 2 is 1.93 bits per heavy atom. The molecule has 0 aliphatic heterocycles. The SMILES string of the molecule is COc1ccc(Nc2ncnc(NNC(=O)c3cccnc3)c2N)c(OC)c1. The van der Waals surface area contributed by atoms with Gasteiger partial charge >= 0.3 is 0 Å². The summed E-state index contributed by atoms with van der Waals surface area (Å²) in [6.07, 6.45) is 4.34. The van der Waals surface area contributed by atoms with Crippen LogP contribution < -0.4 is 31.4 Å². The van der Waals surface area contributed by atoms with Crippen molar-refractivity contribution in [3.63, 3.8) is 0 Å². The number of aromatic nitrogens is 3. The van der Waals surface area contributed by atoms with Crippen molar-refractivity contribution in [2.45, 2.75) is 0 Å². The third-order valence-electron chi connectivity index (χ3n) is 3.76. The topological polar surface area (TPSA) is 136 Å². The average Bonchev–Trinajstić information content (AvgIpc) is 2.75. The van der Waals surface area contributed by atoms with E-state index < -0.39 is 0 Å². The fourth-order valence-electron chi connectivity index (χ4n) is 2.31. The Kier molecular flexibility index (Phi) is 5.70. The Morgan fingerprint density at radius 1 is 1.11 bits per heavy atom. The lowest BCUT2D eigenvalue weighted by molar-refractivity contribution is 0.0962. The van der Waals surface area contributed by atoms with E-state index in [0.29, 0.717) is 28.6 Å². The lowest BCUT2D eigenvalue weighted by Crippen LogP contribution is -2.30. The van der Waals surface area contributed by atoms with E-state index in [2.05, 4.69) is 31.1 Å². The first kappa shape index (κ1) is 18.7. The molecule has 1 aromatic carbocycles. The minimum Gasteiger partial charge on any atom is -0.497 e. The van der Waals surface area contributed by atoms with Gasteiger partial charge in [-0.1, -0.05) is 0 Å². The molecule has 5 N–H and O–H groups in total. The summed E-state index contributed by atoms with van der Waals surface area (Å²) in [5, 5.41) is 3.08. The van der Waals surface area contributed by atoms with Crippen molar-refractivity contribution in [1.29, 1.82) is 0 Å². The molecule has 0 fully saturated rings. The molecular formula is C18H19N7O3. The highest BCUT2D eigenvalue weighted by molar-refractivity contribution is 5.95. The van der Waals surface area contributed by atoms with Gasteiger partial charge in [-0.2, -0.15) is 0 Å². The Hall–Kier alpha value is -4.08. The van der Waals surface area contributed by atoms with Crippen LogP contribution in [0.4, 0.5) is 23.0 Å². The van der Waals surface area contributed by atoms with Crippen molar-refractivity contribution < 1.29 is 14.3 Å². The van der Waals surface area contributed by atoms with Crippen LogP contribution in [0.25, 0.3) is 0 Å². The first-order valence-corrected chi connectivity index (χ1v) is 8.18. The van der Waals surface area contributed by atoms with Crippen LogP contribution in [0.5, 0.6) is 11.5 Å². The molecule has 2 aromatic heterocycles. The lowest BCUT2D eigenvalue weighted by Gasteiger charge is -2.15. The summed E-state index contributed by atoms with van der Waals surface area (Å²) in [6, 6.07) is 8.58. The maximum absolute atomic E-state index is 12.1. The van der Waals surface area contributed by atoms with Crippen molar-refractivity contribution in [1.82, 2.24) is 20.4 Å². The lowest BCUT2D eigenvalue weighted by atomic mass is 10.2. The number of hydrazine groups is 1. The summed E-state index contributed by atoms with van der Waals surface area (Å²) in [4.78, 5) is 24.2. The van der Waals surface area contributed by atoms with Gasteiger partial charge in [0.25, 0.3) is 5.91 Å². The standard InChI is InChI=1S/C18H19N7O3/c1-27-12-5-6-13(14(8-12)28-2)23-16-15(19)17(22-10-21-16)24-25-18(26)11-4-3-7-20-9-11/h3-10H,19H2,1-2H3,(H,25,26)(H2,21,22,23,24). The van der Waals surface area contributed by atoms with Gasteiger partial charge in [0.15, 0.2) is 11.6 Å². The molecule has 0 spiro atoms. The Balaban J connectivity index is 1.75. The van der Waals surface area contributed by atoms with Gasteiger partial charge in [0.1, 0.15) is 23.5 Å². The third-order valence-corrected chi connectivity index (χ3v) is 3.76. The average molecular weight is 381 g/mol. The highest BCUT2D eigenvalue weighted by Gasteiger charge is 2.13. The molecule has 144 valence electrons. The highest BCUT2D eigenvalue weighted by Crippen LogP contribution is 2.33.